The number of nitrogens with one attached hydrogen (secondary N) is 1. The van der Waals surface area contributed by atoms with Crippen LogP contribution in [0.1, 0.15) is 5.82 Å². The number of aromatic nitrogens is 3. The molecule has 0 aliphatic carbocycles. The Kier molecular flexibility index (Phi) is 3.68. The molecule has 0 bridgehead atoms. The van der Waals surface area contributed by atoms with Crippen LogP contribution in [0.4, 0.5) is 14.5 Å². The zero-order valence-corrected chi connectivity index (χ0v) is 11.2. The number of halogens is 2. The van der Waals surface area contributed by atoms with Gasteiger partial charge in [0, 0.05) is 12.7 Å². The van der Waals surface area contributed by atoms with Crippen LogP contribution in [0.5, 0.6) is 0 Å². The van der Waals surface area contributed by atoms with E-state index in [2.05, 4.69) is 14.8 Å². The molecule has 0 amide bonds. The molecule has 1 aromatic heterocycles. The lowest BCUT2D eigenvalue weighted by Gasteiger charge is -2.07. The summed E-state index contributed by atoms with van der Waals surface area (Å²) in [6.07, 6.45) is 1.38. The van der Waals surface area contributed by atoms with Gasteiger partial charge in [0.15, 0.2) is 17.5 Å². The van der Waals surface area contributed by atoms with Crippen molar-refractivity contribution >= 4 is 15.7 Å². The summed E-state index contributed by atoms with van der Waals surface area (Å²) in [5, 5.41) is 3.85. The van der Waals surface area contributed by atoms with Crippen LogP contribution in [-0.2, 0) is 23.6 Å². The van der Waals surface area contributed by atoms with Gasteiger partial charge in [0.25, 0.3) is 0 Å². The van der Waals surface area contributed by atoms with E-state index in [4.69, 9.17) is 5.73 Å². The molecule has 3 N–H and O–H groups in total. The first-order valence-electron chi connectivity index (χ1n) is 5.38. The first-order valence-corrected chi connectivity index (χ1v) is 6.86. The maximum Gasteiger partial charge on any atom is 0.244 e. The quantitative estimate of drug-likeness (QED) is 0.783. The Labute approximate surface area is 113 Å². The molecule has 0 aliphatic heterocycles. The van der Waals surface area contributed by atoms with Crippen LogP contribution in [0.3, 0.4) is 0 Å². The Morgan fingerprint density at radius 3 is 2.70 bits per heavy atom. The van der Waals surface area contributed by atoms with Crippen LogP contribution in [0.2, 0.25) is 0 Å². The number of hydrogen-bond acceptors (Lipinski definition) is 5. The summed E-state index contributed by atoms with van der Waals surface area (Å²) in [6, 6.07) is 1.54. The van der Waals surface area contributed by atoms with Gasteiger partial charge in [-0.25, -0.2) is 26.9 Å². The number of aryl methyl sites for hydroxylation is 1. The molecule has 0 saturated heterocycles. The monoisotopic (exact) mass is 303 g/mol. The molecule has 0 fully saturated rings. The fourth-order valence-corrected chi connectivity index (χ4v) is 2.58. The van der Waals surface area contributed by atoms with Gasteiger partial charge in [-0.2, -0.15) is 5.10 Å². The molecule has 1 heterocycles. The number of benzene rings is 1. The largest absolute Gasteiger partial charge is 0.399 e. The zero-order chi connectivity index (χ0) is 14.9. The van der Waals surface area contributed by atoms with E-state index in [0.717, 1.165) is 6.07 Å². The van der Waals surface area contributed by atoms with E-state index in [-0.39, 0.29) is 18.1 Å². The average molecular weight is 303 g/mol. The number of sulfonamides is 1. The number of anilines is 1. The molecule has 0 saturated carbocycles. The van der Waals surface area contributed by atoms with Crippen molar-refractivity contribution in [3.8, 4) is 0 Å². The van der Waals surface area contributed by atoms with Gasteiger partial charge in [-0.15, -0.1) is 0 Å². The Balaban J connectivity index is 2.27. The Morgan fingerprint density at radius 2 is 2.10 bits per heavy atom. The number of nitrogens with two attached hydrogens (primary N) is 1. The first-order chi connectivity index (χ1) is 9.29. The third kappa shape index (κ3) is 2.91. The van der Waals surface area contributed by atoms with Crippen molar-refractivity contribution < 1.29 is 17.2 Å². The Morgan fingerprint density at radius 1 is 1.40 bits per heavy atom. The summed E-state index contributed by atoms with van der Waals surface area (Å²) in [5.74, 6) is -2.62. The average Bonchev–Trinajstić information content (AvgIpc) is 2.77. The predicted molar refractivity (Wildman–Crippen MR) is 65.8 cm³/mol. The van der Waals surface area contributed by atoms with Crippen molar-refractivity contribution in [1.29, 1.82) is 0 Å². The second kappa shape index (κ2) is 5.13. The van der Waals surface area contributed by atoms with Crippen LogP contribution in [0.15, 0.2) is 23.4 Å². The van der Waals surface area contributed by atoms with Gasteiger partial charge >= 0.3 is 0 Å². The van der Waals surface area contributed by atoms with Crippen LogP contribution < -0.4 is 10.5 Å². The molecule has 108 valence electrons. The summed E-state index contributed by atoms with van der Waals surface area (Å²) in [5.41, 5.74) is 5.11. The Hall–Kier alpha value is -2.07. The summed E-state index contributed by atoms with van der Waals surface area (Å²) in [7, 11) is -2.65. The predicted octanol–water partition coefficient (Wildman–Crippen LogP) is 0.154. The fourth-order valence-electron chi connectivity index (χ4n) is 1.48. The lowest BCUT2D eigenvalue weighted by molar-refractivity contribution is 0.483. The van der Waals surface area contributed by atoms with E-state index in [1.807, 2.05) is 0 Å². The van der Waals surface area contributed by atoms with E-state index in [1.54, 1.807) is 7.05 Å². The molecule has 0 atom stereocenters. The lowest BCUT2D eigenvalue weighted by Crippen LogP contribution is -2.25. The minimum absolute atomic E-state index is 0.194. The fraction of sp³-hybridized carbons (Fsp3) is 0.200. The van der Waals surface area contributed by atoms with E-state index in [0.29, 0.717) is 6.07 Å². The van der Waals surface area contributed by atoms with E-state index in [1.165, 1.54) is 11.0 Å². The molecule has 0 aliphatic rings. The number of rotatable bonds is 4. The molecule has 10 heteroatoms. The normalized spacial score (nSPS) is 11.8. The van der Waals surface area contributed by atoms with Crippen molar-refractivity contribution in [2.45, 2.75) is 11.4 Å². The van der Waals surface area contributed by atoms with Crippen LogP contribution in [0.25, 0.3) is 0 Å². The van der Waals surface area contributed by atoms with E-state index in [9.17, 15) is 17.2 Å². The lowest BCUT2D eigenvalue weighted by atomic mass is 10.3. The van der Waals surface area contributed by atoms with Gasteiger partial charge in [-0.3, -0.25) is 4.68 Å². The highest BCUT2D eigenvalue weighted by atomic mass is 32.2. The molecular weight excluding hydrogens is 292 g/mol. The van der Waals surface area contributed by atoms with Gasteiger partial charge in [-0.1, -0.05) is 0 Å². The third-order valence-corrected chi connectivity index (χ3v) is 3.77. The minimum Gasteiger partial charge on any atom is -0.399 e. The van der Waals surface area contributed by atoms with Gasteiger partial charge in [0.05, 0.1) is 6.54 Å². The van der Waals surface area contributed by atoms with Crippen LogP contribution in [0, 0.1) is 11.6 Å². The van der Waals surface area contributed by atoms with E-state index >= 15 is 0 Å². The van der Waals surface area contributed by atoms with Gasteiger partial charge < -0.3 is 5.73 Å². The molecule has 7 nitrogen and oxygen atoms in total. The summed E-state index contributed by atoms with van der Waals surface area (Å²) >= 11 is 0. The molecular formula is C10H11F2N5O2S. The van der Waals surface area contributed by atoms with Crippen molar-refractivity contribution in [2.24, 2.45) is 7.05 Å². The zero-order valence-electron chi connectivity index (χ0n) is 10.3. The number of nitrogen functional groups attached to an aromatic ring is 1. The second-order valence-electron chi connectivity index (χ2n) is 3.97. The van der Waals surface area contributed by atoms with Crippen molar-refractivity contribution in [3.63, 3.8) is 0 Å². The molecule has 0 radical (unpaired) electrons. The van der Waals surface area contributed by atoms with Gasteiger partial charge in [0.2, 0.25) is 10.0 Å². The summed E-state index contributed by atoms with van der Waals surface area (Å²) < 4.78 is 53.9. The van der Waals surface area contributed by atoms with Crippen molar-refractivity contribution in [2.75, 3.05) is 5.73 Å². The number of hydrogen-bond donors (Lipinski definition) is 2. The molecule has 2 rings (SSSR count). The molecule has 1 aromatic carbocycles. The second-order valence-corrected chi connectivity index (χ2v) is 5.71. The van der Waals surface area contributed by atoms with Crippen molar-refractivity contribution in [3.05, 3.63) is 35.9 Å². The van der Waals surface area contributed by atoms with Crippen LogP contribution >= 0.6 is 0 Å². The molecule has 0 spiro atoms. The molecule has 20 heavy (non-hydrogen) atoms. The van der Waals surface area contributed by atoms with Crippen molar-refractivity contribution in [1.82, 2.24) is 19.5 Å². The van der Waals surface area contributed by atoms with Gasteiger partial charge in [0.1, 0.15) is 11.2 Å². The Bertz CT molecular complexity index is 744. The standard InChI is InChI=1S/C10H11F2N5O2S/c1-17-5-14-9(16-17)4-15-20(18,19)8-3-6(13)2-7(11)10(8)12/h2-3,5,15H,4,13H2,1H3. The topological polar surface area (TPSA) is 103 Å². The maximum absolute atomic E-state index is 13.5. The summed E-state index contributed by atoms with van der Waals surface area (Å²) in [6.45, 7) is -0.251. The maximum atomic E-state index is 13.5. The van der Waals surface area contributed by atoms with Crippen LogP contribution in [-0.4, -0.2) is 23.2 Å². The first kappa shape index (κ1) is 14.3. The summed E-state index contributed by atoms with van der Waals surface area (Å²) in [4.78, 5) is 2.95. The molecule has 0 unspecified atom stereocenters. The SMILES string of the molecule is Cn1cnc(CNS(=O)(=O)c2cc(N)cc(F)c2F)n1. The molecule has 2 aromatic rings. The third-order valence-electron chi connectivity index (χ3n) is 2.37. The number of nitrogens with zero attached hydrogens (tertiary/aromatic N) is 3. The highest BCUT2D eigenvalue weighted by Crippen LogP contribution is 2.20. The highest BCUT2D eigenvalue weighted by Gasteiger charge is 2.22. The van der Waals surface area contributed by atoms with Gasteiger partial charge in [-0.05, 0) is 12.1 Å². The minimum atomic E-state index is -4.26. The smallest absolute Gasteiger partial charge is 0.244 e. The van der Waals surface area contributed by atoms with E-state index < -0.39 is 26.6 Å². The highest BCUT2D eigenvalue weighted by molar-refractivity contribution is 7.89.